The third-order valence-corrected chi connectivity index (χ3v) is 1.83. The van der Waals surface area contributed by atoms with Crippen LogP contribution in [0.1, 0.15) is 12.5 Å². The predicted molar refractivity (Wildman–Crippen MR) is 44.5 cm³/mol. The molecule has 0 aliphatic heterocycles. The normalized spacial score (nSPS) is 11.8. The van der Waals surface area contributed by atoms with Crippen LogP contribution in [0, 0.1) is 5.82 Å². The maximum Gasteiger partial charge on any atom is 0.509 e. The summed E-state index contributed by atoms with van der Waals surface area (Å²) in [6.07, 6.45) is 0.270. The van der Waals surface area contributed by atoms with Crippen molar-refractivity contribution in [1.82, 2.24) is 0 Å². The van der Waals surface area contributed by atoms with Crippen LogP contribution in [0.25, 0.3) is 0 Å². The Morgan fingerprint density at radius 2 is 1.85 bits per heavy atom. The van der Waals surface area contributed by atoms with Crippen molar-refractivity contribution >= 4 is 12.4 Å². The topological polar surface area (TPSA) is 0 Å². The van der Waals surface area contributed by atoms with Crippen molar-refractivity contribution in [2.45, 2.75) is 13.3 Å². The molecule has 0 saturated heterocycles. The summed E-state index contributed by atoms with van der Waals surface area (Å²) in [7, 11) is 0. The molecule has 0 spiro atoms. The molecule has 0 atom stereocenters. The van der Waals surface area contributed by atoms with Crippen molar-refractivity contribution < 1.29 is 17.3 Å². The second-order valence-corrected chi connectivity index (χ2v) is 2.78. The Kier molecular flexibility index (Phi) is 2.64. The maximum atomic E-state index is 12.8. The quantitative estimate of drug-likeness (QED) is 0.497. The van der Waals surface area contributed by atoms with E-state index in [1.807, 2.05) is 0 Å². The first-order valence-corrected chi connectivity index (χ1v) is 3.93. The number of halogens is 4. The summed E-state index contributed by atoms with van der Waals surface area (Å²) in [5.41, 5.74) is -0.630. The summed E-state index contributed by atoms with van der Waals surface area (Å²) in [6, 6.07) is 2.51. The van der Waals surface area contributed by atoms with Crippen LogP contribution in [0.5, 0.6) is 0 Å². The van der Waals surface area contributed by atoms with Crippen molar-refractivity contribution in [3.8, 4) is 0 Å². The maximum absolute atomic E-state index is 12.8. The van der Waals surface area contributed by atoms with E-state index in [-0.39, 0.29) is 12.0 Å². The Morgan fingerprint density at radius 3 is 2.31 bits per heavy atom. The fourth-order valence-corrected chi connectivity index (χ4v) is 1.07. The first kappa shape index (κ1) is 10.1. The minimum Gasteiger partial charge on any atom is -0.445 e. The van der Waals surface area contributed by atoms with Crippen LogP contribution >= 0.6 is 0 Å². The summed E-state index contributed by atoms with van der Waals surface area (Å²) in [5, 5.41) is 0. The minimum atomic E-state index is -5.01. The van der Waals surface area contributed by atoms with E-state index < -0.39 is 18.3 Å². The second-order valence-electron chi connectivity index (χ2n) is 2.78. The van der Waals surface area contributed by atoms with Gasteiger partial charge < -0.3 is 12.9 Å². The summed E-state index contributed by atoms with van der Waals surface area (Å²) in [6.45, 7) is -3.40. The van der Waals surface area contributed by atoms with Gasteiger partial charge in [0.1, 0.15) is 5.82 Å². The largest absolute Gasteiger partial charge is 0.509 e. The van der Waals surface area contributed by atoms with Crippen LogP contribution in [-0.2, 0) is 6.42 Å². The molecule has 1 aromatic carbocycles. The van der Waals surface area contributed by atoms with E-state index in [1.54, 1.807) is 6.92 Å². The zero-order valence-corrected chi connectivity index (χ0v) is 7.03. The highest BCUT2D eigenvalue weighted by Gasteiger charge is 2.25. The summed E-state index contributed by atoms with van der Waals surface area (Å²) in [5.74, 6) is -0.577. The van der Waals surface area contributed by atoms with Gasteiger partial charge in [-0.15, -0.1) is 5.46 Å². The van der Waals surface area contributed by atoms with Gasteiger partial charge in [0, 0.05) is 0 Å². The molecule has 0 aliphatic carbocycles. The third kappa shape index (κ3) is 2.23. The van der Waals surface area contributed by atoms with Crippen molar-refractivity contribution in [1.29, 1.82) is 0 Å². The predicted octanol–water partition coefficient (Wildman–Crippen LogP) is 2.44. The monoisotopic (exact) mass is 191 g/mol. The summed E-state index contributed by atoms with van der Waals surface area (Å²) < 4.78 is 49.3. The van der Waals surface area contributed by atoms with Crippen LogP contribution in [0.2, 0.25) is 0 Å². The smallest absolute Gasteiger partial charge is 0.445 e. The lowest BCUT2D eigenvalue weighted by molar-refractivity contribution is 0.500. The average Bonchev–Trinajstić information content (AvgIpc) is 2.03. The van der Waals surface area contributed by atoms with Gasteiger partial charge in [-0.2, -0.15) is 0 Å². The van der Waals surface area contributed by atoms with Gasteiger partial charge in [0.05, 0.1) is 0 Å². The molecule has 1 rings (SSSR count). The molecule has 0 radical (unpaired) electrons. The van der Waals surface area contributed by atoms with E-state index >= 15 is 0 Å². The number of hydrogen-bond acceptors (Lipinski definition) is 0. The molecule has 0 fully saturated rings. The first-order valence-electron chi connectivity index (χ1n) is 3.93. The van der Waals surface area contributed by atoms with Gasteiger partial charge in [0.2, 0.25) is 0 Å². The Morgan fingerprint density at radius 1 is 1.23 bits per heavy atom. The lowest BCUT2D eigenvalue weighted by Gasteiger charge is -2.15. The standard InChI is InChI=1S/C8H8BF4/c1-2-6-5-7(9(11,12)13)3-4-8(6)10/h3-5H,2H2,1H3/q-1. The summed E-state index contributed by atoms with van der Waals surface area (Å²) >= 11 is 0. The fraction of sp³-hybridized carbons (Fsp3) is 0.250. The molecule has 0 aromatic heterocycles. The van der Waals surface area contributed by atoms with Crippen molar-refractivity contribution in [3.63, 3.8) is 0 Å². The Labute approximate surface area is 73.6 Å². The highest BCUT2D eigenvalue weighted by Crippen LogP contribution is 2.12. The van der Waals surface area contributed by atoms with E-state index in [0.717, 1.165) is 18.2 Å². The molecule has 13 heavy (non-hydrogen) atoms. The molecule has 0 saturated carbocycles. The lowest BCUT2D eigenvalue weighted by Crippen LogP contribution is -2.34. The molecule has 72 valence electrons. The zero-order chi connectivity index (χ0) is 10.1. The van der Waals surface area contributed by atoms with E-state index in [9.17, 15) is 17.3 Å². The lowest BCUT2D eigenvalue weighted by atomic mass is 9.79. The van der Waals surface area contributed by atoms with Crippen molar-refractivity contribution in [2.75, 3.05) is 0 Å². The van der Waals surface area contributed by atoms with E-state index in [4.69, 9.17) is 0 Å². The highest BCUT2D eigenvalue weighted by molar-refractivity contribution is 6.73. The van der Waals surface area contributed by atoms with Gasteiger partial charge in [0.15, 0.2) is 0 Å². The molecule has 0 bridgehead atoms. The van der Waals surface area contributed by atoms with Crippen LogP contribution in [0.15, 0.2) is 18.2 Å². The van der Waals surface area contributed by atoms with Crippen molar-refractivity contribution in [3.05, 3.63) is 29.6 Å². The highest BCUT2D eigenvalue weighted by atomic mass is 19.4. The molecule has 0 N–H and O–H groups in total. The van der Waals surface area contributed by atoms with Crippen LogP contribution in [0.4, 0.5) is 17.3 Å². The van der Waals surface area contributed by atoms with Gasteiger partial charge in [-0.05, 0) is 18.1 Å². The molecule has 5 heteroatoms. The molecular weight excluding hydrogens is 183 g/mol. The van der Waals surface area contributed by atoms with Crippen LogP contribution < -0.4 is 5.46 Å². The minimum absolute atomic E-state index is 0.108. The Bertz CT molecular complexity index is 306. The van der Waals surface area contributed by atoms with E-state index in [1.165, 1.54) is 0 Å². The fourth-order valence-electron chi connectivity index (χ4n) is 1.07. The Balaban J connectivity index is 3.14. The molecule has 0 heterocycles. The first-order chi connectivity index (χ1) is 5.95. The van der Waals surface area contributed by atoms with Gasteiger partial charge in [0.25, 0.3) is 0 Å². The molecular formula is C8H8BF4-. The second kappa shape index (κ2) is 3.40. The van der Waals surface area contributed by atoms with Crippen molar-refractivity contribution in [2.24, 2.45) is 0 Å². The number of rotatable bonds is 2. The van der Waals surface area contributed by atoms with E-state index in [2.05, 4.69) is 0 Å². The molecule has 0 amide bonds. The van der Waals surface area contributed by atoms with Gasteiger partial charge in [-0.25, -0.2) is 4.39 Å². The van der Waals surface area contributed by atoms with E-state index in [0.29, 0.717) is 0 Å². The van der Waals surface area contributed by atoms with Crippen LogP contribution in [-0.4, -0.2) is 6.98 Å². The molecule has 0 aliphatic rings. The Hall–Kier alpha value is -0.995. The number of hydrogen-bond donors (Lipinski definition) is 0. The number of benzene rings is 1. The zero-order valence-electron chi connectivity index (χ0n) is 7.03. The summed E-state index contributed by atoms with van der Waals surface area (Å²) in [4.78, 5) is 0. The van der Waals surface area contributed by atoms with Gasteiger partial charge in [-0.3, -0.25) is 0 Å². The SMILES string of the molecule is CCc1cc([B-](F)(F)F)ccc1F. The third-order valence-electron chi connectivity index (χ3n) is 1.83. The van der Waals surface area contributed by atoms with Crippen LogP contribution in [0.3, 0.4) is 0 Å². The van der Waals surface area contributed by atoms with Gasteiger partial charge >= 0.3 is 6.98 Å². The van der Waals surface area contributed by atoms with Gasteiger partial charge in [-0.1, -0.05) is 19.1 Å². The molecule has 0 nitrogen and oxygen atoms in total. The molecule has 1 aromatic rings. The molecule has 0 unspecified atom stereocenters. The number of aryl methyl sites for hydroxylation is 1. The average molecular weight is 191 g/mol.